The van der Waals surface area contributed by atoms with Gasteiger partial charge in [-0.15, -0.1) is 0 Å². The van der Waals surface area contributed by atoms with E-state index in [1.807, 2.05) is 0 Å². The molecule has 0 amide bonds. The van der Waals surface area contributed by atoms with Crippen molar-refractivity contribution in [3.63, 3.8) is 0 Å². The van der Waals surface area contributed by atoms with Gasteiger partial charge in [0.15, 0.2) is 0 Å². The van der Waals surface area contributed by atoms with Crippen LogP contribution < -0.4 is 0 Å². The third kappa shape index (κ3) is 1.93. The molecule has 2 rings (SSSR count). The van der Waals surface area contributed by atoms with E-state index in [-0.39, 0.29) is 17.5 Å². The third-order valence-electron chi connectivity index (χ3n) is 2.49. The Morgan fingerprint density at radius 3 is 2.57 bits per heavy atom. The van der Waals surface area contributed by atoms with Gasteiger partial charge in [0.2, 0.25) is 0 Å². The molecule has 2 heterocycles. The molecule has 1 fully saturated rings. The molecule has 0 aromatic carbocycles. The average molecular weight is 235 g/mol. The molecule has 1 aromatic rings. The normalized spacial score (nSPS) is 22.4. The van der Waals surface area contributed by atoms with Crippen LogP contribution >= 0.6 is 11.6 Å². The van der Waals surface area contributed by atoms with Crippen LogP contribution in [0.1, 0.15) is 18.9 Å². The van der Waals surface area contributed by atoms with Gasteiger partial charge in [-0.05, 0) is 18.9 Å². The number of halogens is 1. The average Bonchev–Trinajstić information content (AvgIpc) is 2.52. The van der Waals surface area contributed by atoms with Gasteiger partial charge < -0.3 is 0 Å². The van der Waals surface area contributed by atoms with Crippen LogP contribution in [-0.4, -0.2) is 29.7 Å². The van der Waals surface area contributed by atoms with Crippen LogP contribution in [0.25, 0.3) is 0 Å². The van der Waals surface area contributed by atoms with Crippen LogP contribution in [0.3, 0.4) is 0 Å². The first kappa shape index (κ1) is 9.98. The van der Waals surface area contributed by atoms with Gasteiger partial charge in [-0.3, -0.25) is 4.68 Å². The first-order chi connectivity index (χ1) is 6.58. The number of hydrogen-bond acceptors (Lipinski definition) is 3. The molecule has 0 spiro atoms. The summed E-state index contributed by atoms with van der Waals surface area (Å²) < 4.78 is 24.1. The van der Waals surface area contributed by atoms with Crippen LogP contribution in [0.5, 0.6) is 0 Å². The maximum atomic E-state index is 11.2. The van der Waals surface area contributed by atoms with E-state index < -0.39 is 9.84 Å². The van der Waals surface area contributed by atoms with Crippen molar-refractivity contribution in [2.45, 2.75) is 18.9 Å². The summed E-state index contributed by atoms with van der Waals surface area (Å²) in [6.45, 7) is 0. The van der Waals surface area contributed by atoms with Crippen molar-refractivity contribution in [1.29, 1.82) is 0 Å². The van der Waals surface area contributed by atoms with E-state index in [0.717, 1.165) is 0 Å². The highest BCUT2D eigenvalue weighted by Gasteiger charge is 2.25. The van der Waals surface area contributed by atoms with Gasteiger partial charge >= 0.3 is 0 Å². The summed E-state index contributed by atoms with van der Waals surface area (Å²) in [5.41, 5.74) is 0. The molecule has 0 saturated carbocycles. The van der Waals surface area contributed by atoms with E-state index in [2.05, 4.69) is 5.10 Å². The lowest BCUT2D eigenvalue weighted by atomic mass is 10.2. The maximum absolute atomic E-state index is 11.2. The highest BCUT2D eigenvalue weighted by atomic mass is 35.5. The fourth-order valence-corrected chi connectivity index (χ4v) is 3.39. The summed E-state index contributed by atoms with van der Waals surface area (Å²) in [4.78, 5) is 0. The molecule has 0 unspecified atom stereocenters. The van der Waals surface area contributed by atoms with Gasteiger partial charge in [-0.1, -0.05) is 11.6 Å². The summed E-state index contributed by atoms with van der Waals surface area (Å²) in [6, 6.07) is 1.85. The van der Waals surface area contributed by atoms with Crippen molar-refractivity contribution in [1.82, 2.24) is 9.78 Å². The molecule has 1 saturated heterocycles. The van der Waals surface area contributed by atoms with Crippen LogP contribution in [0.2, 0.25) is 5.15 Å². The lowest BCUT2D eigenvalue weighted by molar-refractivity contribution is 0.414. The second-order valence-corrected chi connectivity index (χ2v) is 6.17. The Morgan fingerprint density at radius 2 is 2.07 bits per heavy atom. The summed E-state index contributed by atoms with van der Waals surface area (Å²) in [7, 11) is -2.80. The van der Waals surface area contributed by atoms with Gasteiger partial charge in [0.1, 0.15) is 15.0 Å². The van der Waals surface area contributed by atoms with E-state index in [4.69, 9.17) is 11.6 Å². The van der Waals surface area contributed by atoms with E-state index >= 15 is 0 Å². The predicted molar refractivity (Wildman–Crippen MR) is 54.2 cm³/mol. The molecule has 1 aromatic heterocycles. The summed E-state index contributed by atoms with van der Waals surface area (Å²) in [5, 5.41) is 4.66. The van der Waals surface area contributed by atoms with Crippen molar-refractivity contribution in [3.05, 3.63) is 17.4 Å². The summed E-state index contributed by atoms with van der Waals surface area (Å²) in [6.07, 6.45) is 2.86. The van der Waals surface area contributed by atoms with E-state index in [0.29, 0.717) is 18.0 Å². The molecule has 0 aliphatic carbocycles. The molecule has 0 N–H and O–H groups in total. The van der Waals surface area contributed by atoms with Gasteiger partial charge in [0.05, 0.1) is 23.7 Å². The van der Waals surface area contributed by atoms with Crippen molar-refractivity contribution in [2.24, 2.45) is 0 Å². The molecule has 4 nitrogen and oxygen atoms in total. The van der Waals surface area contributed by atoms with E-state index in [1.54, 1.807) is 16.9 Å². The zero-order valence-corrected chi connectivity index (χ0v) is 9.13. The van der Waals surface area contributed by atoms with Gasteiger partial charge in [0.25, 0.3) is 0 Å². The van der Waals surface area contributed by atoms with Gasteiger partial charge in [-0.25, -0.2) is 8.42 Å². The van der Waals surface area contributed by atoms with Crippen molar-refractivity contribution in [2.75, 3.05) is 11.5 Å². The molecular formula is C8H11ClN2O2S. The molecule has 1 aliphatic heterocycles. The minimum Gasteiger partial charge on any atom is -0.251 e. The van der Waals surface area contributed by atoms with Crippen LogP contribution in [0, 0.1) is 0 Å². The Balaban J connectivity index is 2.13. The topological polar surface area (TPSA) is 52.0 Å². The van der Waals surface area contributed by atoms with Crippen LogP contribution in [-0.2, 0) is 9.84 Å². The summed E-state index contributed by atoms with van der Waals surface area (Å²) >= 11 is 5.90. The molecule has 14 heavy (non-hydrogen) atoms. The molecule has 0 atom stereocenters. The quantitative estimate of drug-likeness (QED) is 0.736. The number of sulfone groups is 1. The molecule has 6 heteroatoms. The number of nitrogens with zero attached hydrogens (tertiary/aromatic N) is 2. The second-order valence-electron chi connectivity index (χ2n) is 3.48. The highest BCUT2D eigenvalue weighted by molar-refractivity contribution is 7.91. The number of hydrogen-bond donors (Lipinski definition) is 0. The minimum absolute atomic E-state index is 0.140. The second kappa shape index (κ2) is 3.55. The number of rotatable bonds is 1. The van der Waals surface area contributed by atoms with Crippen LogP contribution in [0.4, 0.5) is 0 Å². The van der Waals surface area contributed by atoms with E-state index in [1.165, 1.54) is 0 Å². The zero-order valence-electron chi connectivity index (χ0n) is 7.56. The lowest BCUT2D eigenvalue weighted by Gasteiger charge is -2.22. The molecule has 78 valence electrons. The first-order valence-corrected chi connectivity index (χ1v) is 6.68. The maximum Gasteiger partial charge on any atom is 0.150 e. The Hall–Kier alpha value is -0.550. The fourth-order valence-electron chi connectivity index (χ4n) is 1.69. The molecule has 0 radical (unpaired) electrons. The SMILES string of the molecule is O=S1(=O)CCC(n2nccc2Cl)CC1. The fraction of sp³-hybridized carbons (Fsp3) is 0.625. The molecule has 1 aliphatic rings. The number of aromatic nitrogens is 2. The Bertz CT molecular complexity index is 412. The van der Waals surface area contributed by atoms with Gasteiger partial charge in [-0.2, -0.15) is 5.10 Å². The van der Waals surface area contributed by atoms with Gasteiger partial charge in [0, 0.05) is 0 Å². The Morgan fingerprint density at radius 1 is 1.43 bits per heavy atom. The highest BCUT2D eigenvalue weighted by Crippen LogP contribution is 2.25. The zero-order chi connectivity index (χ0) is 10.2. The Labute approximate surface area is 87.8 Å². The molecule has 0 bridgehead atoms. The first-order valence-electron chi connectivity index (χ1n) is 4.48. The standard InChI is InChI=1S/C8H11ClN2O2S/c9-8-1-4-10-11(8)7-2-5-14(12,13)6-3-7/h1,4,7H,2-3,5-6H2. The largest absolute Gasteiger partial charge is 0.251 e. The van der Waals surface area contributed by atoms with Crippen molar-refractivity contribution < 1.29 is 8.42 Å². The molecular weight excluding hydrogens is 224 g/mol. The summed E-state index contributed by atoms with van der Waals surface area (Å²) in [5.74, 6) is 0.488. The monoisotopic (exact) mass is 234 g/mol. The predicted octanol–water partition coefficient (Wildman–Crippen LogP) is 1.29. The van der Waals surface area contributed by atoms with E-state index in [9.17, 15) is 8.42 Å². The minimum atomic E-state index is -2.80. The Kier molecular flexibility index (Phi) is 2.53. The van der Waals surface area contributed by atoms with Crippen LogP contribution in [0.15, 0.2) is 12.3 Å². The van der Waals surface area contributed by atoms with Crippen molar-refractivity contribution in [3.8, 4) is 0 Å². The smallest absolute Gasteiger partial charge is 0.150 e. The third-order valence-corrected chi connectivity index (χ3v) is 4.51. The lowest BCUT2D eigenvalue weighted by Crippen LogP contribution is -2.26. The van der Waals surface area contributed by atoms with Crippen molar-refractivity contribution >= 4 is 21.4 Å².